The number of ketones is 1. The lowest BCUT2D eigenvalue weighted by Crippen LogP contribution is -2.44. The SMILES string of the molecule is C=CC[C@H]1C[C@]2([C@@H](C)Cc3cc(-c4nnn[nH]4)c(C)cc3F)OCCC2=CC1=O. The van der Waals surface area contributed by atoms with Gasteiger partial charge in [-0.1, -0.05) is 13.0 Å². The maximum atomic E-state index is 14.8. The van der Waals surface area contributed by atoms with Crippen LogP contribution in [0.5, 0.6) is 0 Å². The molecule has 1 aromatic heterocycles. The van der Waals surface area contributed by atoms with Crippen LogP contribution in [0.25, 0.3) is 11.4 Å². The number of H-pyrrole nitrogens is 1. The van der Waals surface area contributed by atoms with Crippen molar-refractivity contribution in [2.75, 3.05) is 6.61 Å². The minimum absolute atomic E-state index is 0.00886. The van der Waals surface area contributed by atoms with Gasteiger partial charge in [-0.3, -0.25) is 4.79 Å². The number of allylic oxidation sites excluding steroid dienone is 2. The van der Waals surface area contributed by atoms with Gasteiger partial charge in [0.2, 0.25) is 0 Å². The van der Waals surface area contributed by atoms with Crippen LogP contribution in [0.3, 0.4) is 0 Å². The summed E-state index contributed by atoms with van der Waals surface area (Å²) in [5.41, 5.74) is 2.66. The summed E-state index contributed by atoms with van der Waals surface area (Å²) in [7, 11) is 0. The van der Waals surface area contributed by atoms with E-state index in [0.717, 1.165) is 23.1 Å². The fourth-order valence-electron chi connectivity index (χ4n) is 4.75. The second-order valence-electron chi connectivity index (χ2n) is 8.10. The lowest BCUT2D eigenvalue weighted by molar-refractivity contribution is -0.123. The zero-order valence-corrected chi connectivity index (χ0v) is 16.7. The third-order valence-corrected chi connectivity index (χ3v) is 6.31. The summed E-state index contributed by atoms with van der Waals surface area (Å²) >= 11 is 0. The second-order valence-corrected chi connectivity index (χ2v) is 8.10. The number of carbonyl (C=O) groups excluding carboxylic acids is 1. The van der Waals surface area contributed by atoms with Crippen LogP contribution in [0, 0.1) is 24.6 Å². The summed E-state index contributed by atoms with van der Waals surface area (Å²) in [6.07, 6.45) is 6.04. The van der Waals surface area contributed by atoms with Crippen LogP contribution in [0.4, 0.5) is 4.39 Å². The monoisotopic (exact) mass is 396 g/mol. The highest BCUT2D eigenvalue weighted by atomic mass is 19.1. The van der Waals surface area contributed by atoms with E-state index in [1.165, 1.54) is 6.07 Å². The Morgan fingerprint density at radius 2 is 2.31 bits per heavy atom. The maximum absolute atomic E-state index is 14.8. The van der Waals surface area contributed by atoms with Gasteiger partial charge in [0.05, 0.1) is 12.2 Å². The molecule has 2 aliphatic rings. The third kappa shape index (κ3) is 3.44. The molecule has 2 heterocycles. The van der Waals surface area contributed by atoms with Crippen molar-refractivity contribution >= 4 is 5.78 Å². The lowest BCUT2D eigenvalue weighted by Gasteiger charge is -2.41. The largest absolute Gasteiger partial charge is 0.370 e. The number of fused-ring (bicyclic) bond motifs is 1. The van der Waals surface area contributed by atoms with E-state index in [-0.39, 0.29) is 23.4 Å². The molecule has 4 rings (SSSR count). The number of halogens is 1. The van der Waals surface area contributed by atoms with Crippen LogP contribution in [0.1, 0.15) is 37.3 Å². The quantitative estimate of drug-likeness (QED) is 0.753. The number of aromatic nitrogens is 4. The van der Waals surface area contributed by atoms with E-state index >= 15 is 0 Å². The summed E-state index contributed by atoms with van der Waals surface area (Å²) in [6, 6.07) is 3.34. The van der Waals surface area contributed by atoms with Crippen LogP contribution in [0.15, 0.2) is 36.4 Å². The fourth-order valence-corrected chi connectivity index (χ4v) is 4.75. The van der Waals surface area contributed by atoms with E-state index in [4.69, 9.17) is 4.74 Å². The van der Waals surface area contributed by atoms with Gasteiger partial charge in [-0.05, 0) is 83.9 Å². The molecule has 0 unspecified atom stereocenters. The number of rotatable bonds is 6. The first-order valence-electron chi connectivity index (χ1n) is 9.97. The van der Waals surface area contributed by atoms with Crippen molar-refractivity contribution in [2.24, 2.45) is 11.8 Å². The number of hydrogen-bond donors (Lipinski definition) is 1. The van der Waals surface area contributed by atoms with Crippen molar-refractivity contribution in [3.63, 3.8) is 0 Å². The van der Waals surface area contributed by atoms with Gasteiger partial charge in [-0.2, -0.15) is 0 Å². The molecule has 3 atom stereocenters. The fraction of sp³-hybridized carbons (Fsp3) is 0.455. The van der Waals surface area contributed by atoms with Crippen LogP contribution in [-0.2, 0) is 16.0 Å². The van der Waals surface area contributed by atoms with Gasteiger partial charge < -0.3 is 4.74 Å². The Balaban J connectivity index is 1.66. The minimum atomic E-state index is -0.521. The molecule has 0 spiro atoms. The molecule has 152 valence electrons. The highest BCUT2D eigenvalue weighted by Crippen LogP contribution is 2.47. The van der Waals surface area contributed by atoms with Gasteiger partial charge in [0, 0.05) is 11.5 Å². The van der Waals surface area contributed by atoms with Crippen molar-refractivity contribution in [2.45, 2.75) is 45.1 Å². The van der Waals surface area contributed by atoms with Crippen molar-refractivity contribution in [1.29, 1.82) is 0 Å². The van der Waals surface area contributed by atoms with Gasteiger partial charge in [-0.15, -0.1) is 11.7 Å². The van der Waals surface area contributed by atoms with Crippen LogP contribution in [-0.4, -0.2) is 38.6 Å². The molecule has 1 aliphatic carbocycles. The van der Waals surface area contributed by atoms with E-state index in [1.807, 2.05) is 13.0 Å². The number of tetrazole rings is 1. The van der Waals surface area contributed by atoms with E-state index in [9.17, 15) is 9.18 Å². The molecule has 6 nitrogen and oxygen atoms in total. The standard InChI is InChI=1S/C22H25FN4O2/c1-4-5-15-12-22(17(6-7-29-22)11-20(15)28)14(3)9-16-10-18(13(2)8-19(16)23)21-24-26-27-25-21/h4,8,10-11,14-15H,1,5-7,9,12H2,2-3H3,(H,24,25,26,27)/t14-,15-,22+/m0/s1. The third-order valence-electron chi connectivity index (χ3n) is 6.31. The summed E-state index contributed by atoms with van der Waals surface area (Å²) in [5, 5.41) is 13.9. The van der Waals surface area contributed by atoms with Gasteiger partial charge in [0.1, 0.15) is 5.82 Å². The predicted molar refractivity (Wildman–Crippen MR) is 106 cm³/mol. The molecule has 1 aliphatic heterocycles. The lowest BCUT2D eigenvalue weighted by atomic mass is 9.68. The Kier molecular flexibility index (Phi) is 5.17. The van der Waals surface area contributed by atoms with E-state index in [0.29, 0.717) is 37.3 Å². The number of carbonyl (C=O) groups is 1. The number of nitrogens with zero attached hydrogens (tertiary/aromatic N) is 3. The Morgan fingerprint density at radius 3 is 3.03 bits per heavy atom. The van der Waals surface area contributed by atoms with E-state index in [2.05, 4.69) is 34.1 Å². The molecule has 0 saturated carbocycles. The Bertz CT molecular complexity index is 969. The number of hydrogen-bond acceptors (Lipinski definition) is 5. The van der Waals surface area contributed by atoms with Crippen molar-refractivity contribution < 1.29 is 13.9 Å². The smallest absolute Gasteiger partial charge is 0.179 e. The minimum Gasteiger partial charge on any atom is -0.370 e. The zero-order valence-electron chi connectivity index (χ0n) is 16.7. The number of aryl methyl sites for hydroxylation is 1. The normalized spacial score (nSPS) is 24.9. The summed E-state index contributed by atoms with van der Waals surface area (Å²) in [5.74, 6) is 0.293. The van der Waals surface area contributed by atoms with E-state index in [1.54, 1.807) is 12.2 Å². The Morgan fingerprint density at radius 1 is 1.48 bits per heavy atom. The predicted octanol–water partition coefficient (Wildman–Crippen LogP) is 3.74. The number of ether oxygens (including phenoxy) is 1. The van der Waals surface area contributed by atoms with Gasteiger partial charge in [0.25, 0.3) is 0 Å². The Hall–Kier alpha value is -2.67. The molecular formula is C22H25FN4O2. The number of nitrogens with one attached hydrogen (secondary N) is 1. The molecule has 1 aromatic carbocycles. The van der Waals surface area contributed by atoms with Crippen molar-refractivity contribution in [1.82, 2.24) is 20.6 Å². The van der Waals surface area contributed by atoms with Gasteiger partial charge in [-0.25, -0.2) is 9.49 Å². The van der Waals surface area contributed by atoms with Crippen LogP contribution < -0.4 is 0 Å². The topological polar surface area (TPSA) is 80.8 Å². The average Bonchev–Trinajstić information content (AvgIpc) is 3.35. The number of benzene rings is 1. The van der Waals surface area contributed by atoms with Crippen LogP contribution in [0.2, 0.25) is 0 Å². The first-order chi connectivity index (χ1) is 13.9. The van der Waals surface area contributed by atoms with E-state index < -0.39 is 5.60 Å². The molecule has 1 N–H and O–H groups in total. The molecule has 1 fully saturated rings. The molecule has 2 aromatic rings. The first-order valence-corrected chi connectivity index (χ1v) is 9.97. The Labute approximate surface area is 169 Å². The van der Waals surface area contributed by atoms with Gasteiger partial charge in [0.15, 0.2) is 11.6 Å². The molecule has 0 radical (unpaired) electrons. The first kappa shape index (κ1) is 19.6. The second kappa shape index (κ2) is 7.63. The highest BCUT2D eigenvalue weighted by molar-refractivity contribution is 5.94. The number of aromatic amines is 1. The molecule has 0 amide bonds. The molecule has 29 heavy (non-hydrogen) atoms. The molecular weight excluding hydrogens is 371 g/mol. The summed E-state index contributed by atoms with van der Waals surface area (Å²) in [4.78, 5) is 12.5. The molecule has 7 heteroatoms. The summed E-state index contributed by atoms with van der Waals surface area (Å²) in [6.45, 7) is 8.29. The highest BCUT2D eigenvalue weighted by Gasteiger charge is 2.49. The van der Waals surface area contributed by atoms with Crippen molar-refractivity contribution in [3.05, 3.63) is 53.4 Å². The maximum Gasteiger partial charge on any atom is 0.179 e. The average molecular weight is 396 g/mol. The molecule has 0 bridgehead atoms. The summed E-state index contributed by atoms with van der Waals surface area (Å²) < 4.78 is 21.1. The van der Waals surface area contributed by atoms with Crippen LogP contribution >= 0.6 is 0 Å². The van der Waals surface area contributed by atoms with Gasteiger partial charge >= 0.3 is 0 Å². The zero-order chi connectivity index (χ0) is 20.6. The molecule has 1 saturated heterocycles. The van der Waals surface area contributed by atoms with Crippen molar-refractivity contribution in [3.8, 4) is 11.4 Å².